The Bertz CT molecular complexity index is 677. The number of ether oxygens (including phenoxy) is 1. The van der Waals surface area contributed by atoms with Gasteiger partial charge in [-0.1, -0.05) is 0 Å². The van der Waals surface area contributed by atoms with Crippen molar-refractivity contribution >= 4 is 22.9 Å². The van der Waals surface area contributed by atoms with Crippen LogP contribution in [0.5, 0.6) is 5.75 Å². The monoisotopic (exact) mass is 298 g/mol. The predicted molar refractivity (Wildman–Crippen MR) is 81.8 cm³/mol. The summed E-state index contributed by atoms with van der Waals surface area (Å²) in [5.74, 6) is 0.546. The number of thiophene rings is 1. The number of hydrogen-bond acceptors (Lipinski definition) is 4. The molecule has 4 nitrogen and oxygen atoms in total. The van der Waals surface area contributed by atoms with Crippen LogP contribution in [-0.2, 0) is 12.8 Å². The summed E-state index contributed by atoms with van der Waals surface area (Å²) in [6, 6.07) is 10.9. The van der Waals surface area contributed by atoms with Crippen LogP contribution in [-0.4, -0.2) is 12.5 Å². The van der Waals surface area contributed by atoms with Gasteiger partial charge in [0.2, 0.25) is 0 Å². The highest BCUT2D eigenvalue weighted by Crippen LogP contribution is 2.31. The van der Waals surface area contributed by atoms with Crippen LogP contribution in [0.3, 0.4) is 0 Å². The van der Waals surface area contributed by atoms with Gasteiger partial charge in [-0.2, -0.15) is 5.26 Å². The number of fused-ring (bicyclic) bond motifs is 1. The van der Waals surface area contributed by atoms with E-state index in [4.69, 9.17) is 10.00 Å². The van der Waals surface area contributed by atoms with Crippen molar-refractivity contribution in [2.24, 2.45) is 0 Å². The summed E-state index contributed by atoms with van der Waals surface area (Å²) in [6.45, 7) is 0.0203. The van der Waals surface area contributed by atoms with Crippen molar-refractivity contribution in [3.05, 3.63) is 45.6 Å². The minimum Gasteiger partial charge on any atom is -0.479 e. The summed E-state index contributed by atoms with van der Waals surface area (Å²) in [5, 5.41) is 11.3. The van der Waals surface area contributed by atoms with E-state index in [1.807, 2.05) is 12.1 Å². The molecule has 1 aromatic heterocycles. The van der Waals surface area contributed by atoms with Gasteiger partial charge >= 0.3 is 0 Å². The third-order valence-corrected chi connectivity index (χ3v) is 4.62. The molecule has 1 amide bonds. The van der Waals surface area contributed by atoms with Crippen molar-refractivity contribution < 1.29 is 9.53 Å². The van der Waals surface area contributed by atoms with E-state index in [0.29, 0.717) is 5.75 Å². The Morgan fingerprint density at radius 2 is 2.14 bits per heavy atom. The van der Waals surface area contributed by atoms with Crippen molar-refractivity contribution in [3.63, 3.8) is 0 Å². The first-order chi connectivity index (χ1) is 10.3. The maximum Gasteiger partial charge on any atom is 0.265 e. The molecular formula is C16H14N2O2S. The van der Waals surface area contributed by atoms with E-state index in [0.717, 1.165) is 23.4 Å². The highest BCUT2D eigenvalue weighted by atomic mass is 32.1. The summed E-state index contributed by atoms with van der Waals surface area (Å²) in [7, 11) is 0. The number of rotatable bonds is 4. The lowest BCUT2D eigenvalue weighted by Crippen LogP contribution is -2.10. The largest absolute Gasteiger partial charge is 0.479 e. The Hall–Kier alpha value is -2.32. The van der Waals surface area contributed by atoms with Gasteiger partial charge in [0.15, 0.2) is 6.61 Å². The molecule has 0 aliphatic heterocycles. The first-order valence-electron chi connectivity index (χ1n) is 6.79. The number of anilines is 1. The van der Waals surface area contributed by atoms with Gasteiger partial charge < -0.3 is 10.1 Å². The number of aryl methyl sites for hydroxylation is 2. The van der Waals surface area contributed by atoms with Gasteiger partial charge in [0.25, 0.3) is 5.91 Å². The lowest BCUT2D eigenvalue weighted by molar-refractivity contribution is 0.103. The van der Waals surface area contributed by atoms with Crippen LogP contribution in [0.15, 0.2) is 30.3 Å². The summed E-state index contributed by atoms with van der Waals surface area (Å²) in [6.07, 6.45) is 3.38. The Morgan fingerprint density at radius 3 is 2.86 bits per heavy atom. The molecule has 1 N–H and O–H groups in total. The van der Waals surface area contributed by atoms with E-state index in [-0.39, 0.29) is 12.5 Å². The van der Waals surface area contributed by atoms with Crippen LogP contribution in [0.2, 0.25) is 0 Å². The fourth-order valence-electron chi connectivity index (χ4n) is 2.38. The van der Waals surface area contributed by atoms with Crippen molar-refractivity contribution in [2.45, 2.75) is 19.3 Å². The second kappa shape index (κ2) is 5.98. The second-order valence-electron chi connectivity index (χ2n) is 4.84. The molecule has 0 bridgehead atoms. The topological polar surface area (TPSA) is 62.1 Å². The lowest BCUT2D eigenvalue weighted by Gasteiger charge is -2.05. The van der Waals surface area contributed by atoms with E-state index in [9.17, 15) is 4.79 Å². The minimum absolute atomic E-state index is 0.0203. The third kappa shape index (κ3) is 3.06. The Balaban J connectivity index is 1.65. The molecule has 0 saturated carbocycles. The number of amides is 1. The van der Waals surface area contributed by atoms with Crippen molar-refractivity contribution in [1.82, 2.24) is 0 Å². The molecule has 1 aromatic carbocycles. The minimum atomic E-state index is -0.0694. The van der Waals surface area contributed by atoms with Crippen LogP contribution in [0.4, 0.5) is 5.69 Å². The number of hydrogen-bond donors (Lipinski definition) is 1. The van der Waals surface area contributed by atoms with E-state index in [1.54, 1.807) is 35.6 Å². The summed E-state index contributed by atoms with van der Waals surface area (Å²) in [4.78, 5) is 14.3. The van der Waals surface area contributed by atoms with E-state index < -0.39 is 0 Å². The van der Waals surface area contributed by atoms with Gasteiger partial charge in [-0.3, -0.25) is 4.79 Å². The van der Waals surface area contributed by atoms with Crippen LogP contribution in [0.25, 0.3) is 0 Å². The first kappa shape index (κ1) is 13.7. The van der Waals surface area contributed by atoms with Gasteiger partial charge in [0.05, 0.1) is 4.88 Å². The molecule has 1 aliphatic rings. The fourth-order valence-corrected chi connectivity index (χ4v) is 3.53. The molecule has 0 atom stereocenters. The van der Waals surface area contributed by atoms with Gasteiger partial charge in [0, 0.05) is 10.6 Å². The van der Waals surface area contributed by atoms with E-state index >= 15 is 0 Å². The molecule has 0 fully saturated rings. The number of benzene rings is 1. The van der Waals surface area contributed by atoms with Gasteiger partial charge in [-0.15, -0.1) is 11.3 Å². The SMILES string of the molecule is N#CCOc1ccc(NC(=O)c2cc3c(s2)CCC3)cc1. The Morgan fingerprint density at radius 1 is 1.33 bits per heavy atom. The number of carbonyl (C=O) groups is 1. The highest BCUT2D eigenvalue weighted by molar-refractivity contribution is 7.14. The molecule has 2 aromatic rings. The lowest BCUT2D eigenvalue weighted by atomic mass is 10.2. The zero-order valence-electron chi connectivity index (χ0n) is 11.4. The fraction of sp³-hybridized carbons (Fsp3) is 0.250. The Labute approximate surface area is 127 Å². The zero-order valence-corrected chi connectivity index (χ0v) is 12.2. The highest BCUT2D eigenvalue weighted by Gasteiger charge is 2.18. The molecule has 0 radical (unpaired) electrons. The zero-order chi connectivity index (χ0) is 14.7. The average molecular weight is 298 g/mol. The van der Waals surface area contributed by atoms with E-state index in [2.05, 4.69) is 5.32 Å². The molecule has 3 rings (SSSR count). The normalized spacial score (nSPS) is 12.5. The van der Waals surface area contributed by atoms with Gasteiger partial charge in [-0.25, -0.2) is 0 Å². The van der Waals surface area contributed by atoms with Crippen molar-refractivity contribution in [2.75, 3.05) is 11.9 Å². The molecule has 5 heteroatoms. The van der Waals surface area contributed by atoms with Crippen molar-refractivity contribution in [3.8, 4) is 11.8 Å². The van der Waals surface area contributed by atoms with Crippen LogP contribution in [0, 0.1) is 11.3 Å². The third-order valence-electron chi connectivity index (χ3n) is 3.39. The number of nitriles is 1. The maximum atomic E-state index is 12.2. The van der Waals surface area contributed by atoms with E-state index in [1.165, 1.54) is 16.9 Å². The molecule has 21 heavy (non-hydrogen) atoms. The number of nitrogens with zero attached hydrogens (tertiary/aromatic N) is 1. The average Bonchev–Trinajstić information content (AvgIpc) is 3.07. The predicted octanol–water partition coefficient (Wildman–Crippen LogP) is 3.39. The van der Waals surface area contributed by atoms with Gasteiger partial charge in [-0.05, 0) is 55.2 Å². The Kier molecular flexibility index (Phi) is 3.89. The quantitative estimate of drug-likeness (QED) is 0.941. The van der Waals surface area contributed by atoms with Crippen LogP contribution in [0.1, 0.15) is 26.5 Å². The molecule has 106 valence electrons. The number of nitrogens with one attached hydrogen (secondary N) is 1. The number of carbonyl (C=O) groups excluding carboxylic acids is 1. The maximum absolute atomic E-state index is 12.2. The molecule has 0 unspecified atom stereocenters. The second-order valence-corrected chi connectivity index (χ2v) is 5.97. The summed E-state index contributed by atoms with van der Waals surface area (Å²) < 4.78 is 5.17. The first-order valence-corrected chi connectivity index (χ1v) is 7.60. The standard InChI is InChI=1S/C16H14N2O2S/c17-8-9-20-13-6-4-12(5-7-13)18-16(19)15-10-11-2-1-3-14(11)21-15/h4-7,10H,1-3,9H2,(H,18,19). The summed E-state index contributed by atoms with van der Waals surface area (Å²) >= 11 is 1.59. The summed E-state index contributed by atoms with van der Waals surface area (Å²) in [5.41, 5.74) is 2.04. The molecule has 0 saturated heterocycles. The van der Waals surface area contributed by atoms with Crippen molar-refractivity contribution in [1.29, 1.82) is 5.26 Å². The molecule has 1 aliphatic carbocycles. The van der Waals surface area contributed by atoms with Gasteiger partial charge in [0.1, 0.15) is 11.8 Å². The molecular weight excluding hydrogens is 284 g/mol. The molecule has 1 heterocycles. The van der Waals surface area contributed by atoms with Crippen LogP contribution < -0.4 is 10.1 Å². The van der Waals surface area contributed by atoms with Crippen LogP contribution >= 0.6 is 11.3 Å². The molecule has 0 spiro atoms. The smallest absolute Gasteiger partial charge is 0.265 e.